The van der Waals surface area contributed by atoms with Crippen LogP contribution in [0.1, 0.15) is 20.8 Å². The predicted molar refractivity (Wildman–Crippen MR) is 71.0 cm³/mol. The molecule has 0 aromatic carbocycles. The summed E-state index contributed by atoms with van der Waals surface area (Å²) in [6.07, 6.45) is 1.00. The maximum atomic E-state index is 11.7. The number of ether oxygens (including phenoxy) is 3. The van der Waals surface area contributed by atoms with Crippen molar-refractivity contribution in [3.63, 3.8) is 0 Å². The van der Waals surface area contributed by atoms with E-state index in [0.717, 1.165) is 6.08 Å². The molecule has 0 aromatic rings. The van der Waals surface area contributed by atoms with Crippen LogP contribution < -0.4 is 0 Å². The smallest absolute Gasteiger partial charge is 0.334 e. The Kier molecular flexibility index (Phi) is 6.10. The van der Waals surface area contributed by atoms with Gasteiger partial charge in [-0.25, -0.2) is 14.4 Å². The van der Waals surface area contributed by atoms with Crippen molar-refractivity contribution in [2.45, 2.75) is 39.1 Å². The number of aliphatic hydroxyl groups excluding tert-OH is 1. The van der Waals surface area contributed by atoms with Crippen molar-refractivity contribution >= 4 is 17.9 Å². The summed E-state index contributed by atoms with van der Waals surface area (Å²) >= 11 is 0. The number of cyclic esters (lactones) is 1. The predicted octanol–water partition coefficient (Wildman–Crippen LogP) is 0.270. The first-order chi connectivity index (χ1) is 9.85. The first-order valence-electron chi connectivity index (χ1n) is 6.42. The Hall–Kier alpha value is -2.15. The van der Waals surface area contributed by atoms with E-state index in [-0.39, 0.29) is 6.61 Å². The molecule has 7 heteroatoms. The van der Waals surface area contributed by atoms with Gasteiger partial charge in [0.1, 0.15) is 12.7 Å². The lowest BCUT2D eigenvalue weighted by molar-refractivity contribution is -0.172. The molecule has 0 fully saturated rings. The molecular weight excluding hydrogens is 280 g/mol. The summed E-state index contributed by atoms with van der Waals surface area (Å²) in [6.45, 7) is 4.22. The molecule has 0 saturated heterocycles. The molecule has 7 nitrogen and oxygen atoms in total. The largest absolute Gasteiger partial charge is 0.460 e. The van der Waals surface area contributed by atoms with E-state index >= 15 is 0 Å². The van der Waals surface area contributed by atoms with Gasteiger partial charge in [-0.2, -0.15) is 0 Å². The Morgan fingerprint density at radius 2 is 2.19 bits per heavy atom. The van der Waals surface area contributed by atoms with Crippen LogP contribution in [-0.2, 0) is 28.6 Å². The number of carbonyl (C=O) groups excluding carboxylic acids is 3. The summed E-state index contributed by atoms with van der Waals surface area (Å²) < 4.78 is 14.9. The number of aliphatic hydroxyl groups is 1. The Balaban J connectivity index is 2.70. The molecule has 116 valence electrons. The van der Waals surface area contributed by atoms with Crippen LogP contribution in [0.2, 0.25) is 0 Å². The minimum atomic E-state index is -1.29. The van der Waals surface area contributed by atoms with Crippen molar-refractivity contribution in [1.29, 1.82) is 0 Å². The van der Waals surface area contributed by atoms with Gasteiger partial charge in [0.15, 0.2) is 12.2 Å². The molecule has 0 saturated carbocycles. The van der Waals surface area contributed by atoms with Crippen LogP contribution in [0.15, 0.2) is 23.8 Å². The van der Waals surface area contributed by atoms with Gasteiger partial charge in [-0.15, -0.1) is 0 Å². The zero-order valence-corrected chi connectivity index (χ0v) is 12.1. The Bertz CT molecular complexity index is 476. The number of carbonyl (C=O) groups is 3. The van der Waals surface area contributed by atoms with Gasteiger partial charge in [0.2, 0.25) is 0 Å². The molecule has 1 aliphatic rings. The normalized spacial score (nSPS) is 23.2. The highest BCUT2D eigenvalue weighted by Crippen LogP contribution is 2.15. The van der Waals surface area contributed by atoms with Gasteiger partial charge >= 0.3 is 17.9 Å². The van der Waals surface area contributed by atoms with Gasteiger partial charge < -0.3 is 19.3 Å². The molecule has 21 heavy (non-hydrogen) atoms. The van der Waals surface area contributed by atoms with E-state index in [0.29, 0.717) is 5.57 Å². The average molecular weight is 298 g/mol. The summed E-state index contributed by atoms with van der Waals surface area (Å²) in [6, 6.07) is 0. The average Bonchev–Trinajstić information content (AvgIpc) is 2.45. The molecule has 0 unspecified atom stereocenters. The second-order valence-electron chi connectivity index (χ2n) is 4.48. The molecule has 0 radical (unpaired) electrons. The second kappa shape index (κ2) is 7.58. The number of esters is 3. The maximum Gasteiger partial charge on any atom is 0.334 e. The number of rotatable bonds is 5. The van der Waals surface area contributed by atoms with Gasteiger partial charge in [0.25, 0.3) is 0 Å². The molecule has 0 spiro atoms. The van der Waals surface area contributed by atoms with Crippen molar-refractivity contribution in [2.24, 2.45) is 0 Å². The third-order valence-corrected chi connectivity index (χ3v) is 2.79. The van der Waals surface area contributed by atoms with E-state index < -0.39 is 36.2 Å². The minimum Gasteiger partial charge on any atom is -0.460 e. The monoisotopic (exact) mass is 298 g/mol. The molecule has 1 heterocycles. The summed E-state index contributed by atoms with van der Waals surface area (Å²) in [5, 5.41) is 9.03. The number of hydrogen-bond donors (Lipinski definition) is 1. The van der Waals surface area contributed by atoms with E-state index in [9.17, 15) is 14.4 Å². The van der Waals surface area contributed by atoms with E-state index in [1.165, 1.54) is 13.0 Å². The highest BCUT2D eigenvalue weighted by Gasteiger charge is 2.31. The van der Waals surface area contributed by atoms with Crippen LogP contribution >= 0.6 is 0 Å². The van der Waals surface area contributed by atoms with Crippen molar-refractivity contribution in [3.05, 3.63) is 23.8 Å². The van der Waals surface area contributed by atoms with E-state index in [1.54, 1.807) is 19.9 Å². The molecule has 0 amide bonds. The highest BCUT2D eigenvalue weighted by atomic mass is 16.6. The molecule has 1 rings (SSSR count). The number of hydrogen-bond acceptors (Lipinski definition) is 7. The molecule has 0 aliphatic carbocycles. The van der Waals surface area contributed by atoms with Crippen molar-refractivity contribution in [2.75, 3.05) is 6.61 Å². The van der Waals surface area contributed by atoms with E-state index in [1.807, 2.05) is 0 Å². The summed E-state index contributed by atoms with van der Waals surface area (Å²) in [7, 11) is 0. The zero-order valence-electron chi connectivity index (χ0n) is 12.1. The topological polar surface area (TPSA) is 99.1 Å². The third-order valence-electron chi connectivity index (χ3n) is 2.79. The van der Waals surface area contributed by atoms with Crippen molar-refractivity contribution < 1.29 is 33.7 Å². The van der Waals surface area contributed by atoms with Gasteiger partial charge in [-0.3, -0.25) is 0 Å². The SMILES string of the molecule is C/C=C(\C)C(=O)O[C@@H]1C=CC(=O)O[C@H]1COC(=O)[C@H](C)O. The Morgan fingerprint density at radius 1 is 1.52 bits per heavy atom. The lowest BCUT2D eigenvalue weighted by atomic mass is 10.1. The molecule has 3 atom stereocenters. The standard InChI is InChI=1S/C14H18O7/c1-4-8(2)13(17)21-10-5-6-12(16)20-11(10)7-19-14(18)9(3)15/h4-6,9-11,15H,7H2,1-3H3/b8-4+/t9-,10+,11-/m0/s1. The fraction of sp³-hybridized carbons (Fsp3) is 0.500. The lowest BCUT2D eigenvalue weighted by Gasteiger charge is -2.27. The number of allylic oxidation sites excluding steroid dienone is 1. The van der Waals surface area contributed by atoms with Gasteiger partial charge in [-0.05, 0) is 26.8 Å². The fourth-order valence-electron chi connectivity index (χ4n) is 1.42. The van der Waals surface area contributed by atoms with E-state index in [2.05, 4.69) is 0 Å². The lowest BCUT2D eigenvalue weighted by Crippen LogP contribution is -2.41. The summed E-state index contributed by atoms with van der Waals surface area (Å²) in [5.41, 5.74) is 0.403. The molecular formula is C14H18O7. The van der Waals surface area contributed by atoms with Crippen LogP contribution in [0.3, 0.4) is 0 Å². The zero-order chi connectivity index (χ0) is 16.0. The second-order valence-corrected chi connectivity index (χ2v) is 4.48. The van der Waals surface area contributed by atoms with Crippen LogP contribution in [-0.4, -0.2) is 47.9 Å². The molecule has 0 bridgehead atoms. The minimum absolute atomic E-state index is 0.313. The van der Waals surface area contributed by atoms with Crippen LogP contribution in [0.25, 0.3) is 0 Å². The first-order valence-corrected chi connectivity index (χ1v) is 6.42. The summed E-state index contributed by atoms with van der Waals surface area (Å²) in [5.74, 6) is -2.03. The Morgan fingerprint density at radius 3 is 2.76 bits per heavy atom. The highest BCUT2D eigenvalue weighted by molar-refractivity contribution is 5.88. The summed E-state index contributed by atoms with van der Waals surface area (Å²) in [4.78, 5) is 34.1. The van der Waals surface area contributed by atoms with Gasteiger partial charge in [0.05, 0.1) is 0 Å². The van der Waals surface area contributed by atoms with Gasteiger partial charge in [-0.1, -0.05) is 6.08 Å². The Labute approximate surface area is 122 Å². The first kappa shape index (κ1) is 16.9. The van der Waals surface area contributed by atoms with Gasteiger partial charge in [0, 0.05) is 11.6 Å². The quantitative estimate of drug-likeness (QED) is 0.442. The fourth-order valence-corrected chi connectivity index (χ4v) is 1.42. The third kappa shape index (κ3) is 5.03. The molecule has 1 N–H and O–H groups in total. The van der Waals surface area contributed by atoms with Crippen molar-refractivity contribution in [3.8, 4) is 0 Å². The van der Waals surface area contributed by atoms with E-state index in [4.69, 9.17) is 19.3 Å². The molecule has 1 aliphatic heterocycles. The maximum absolute atomic E-state index is 11.7. The van der Waals surface area contributed by atoms with Crippen molar-refractivity contribution in [1.82, 2.24) is 0 Å². The van der Waals surface area contributed by atoms with Crippen LogP contribution in [0, 0.1) is 0 Å². The van der Waals surface area contributed by atoms with Crippen LogP contribution in [0.5, 0.6) is 0 Å². The molecule has 0 aromatic heterocycles. The van der Waals surface area contributed by atoms with Crippen LogP contribution in [0.4, 0.5) is 0 Å².